The van der Waals surface area contributed by atoms with Crippen molar-refractivity contribution in [2.75, 3.05) is 18.4 Å². The number of benzene rings is 1. The molecule has 0 aromatic heterocycles. The fraction of sp³-hybridized carbons (Fsp3) is 0.385. The van der Waals surface area contributed by atoms with Crippen molar-refractivity contribution in [3.8, 4) is 0 Å². The molecule has 18 heavy (non-hydrogen) atoms. The minimum atomic E-state index is -0.972. The highest BCUT2D eigenvalue weighted by molar-refractivity contribution is 5.92. The molecule has 0 aliphatic heterocycles. The number of nitrogens with zero attached hydrogens (tertiary/aromatic N) is 1. The van der Waals surface area contributed by atoms with E-state index in [0.717, 1.165) is 5.56 Å². The fourth-order valence-corrected chi connectivity index (χ4v) is 1.64. The number of rotatable bonds is 4. The van der Waals surface area contributed by atoms with Crippen molar-refractivity contribution in [3.05, 3.63) is 29.3 Å². The van der Waals surface area contributed by atoms with Gasteiger partial charge in [0.1, 0.15) is 0 Å². The third kappa shape index (κ3) is 3.23. The third-order valence-corrected chi connectivity index (χ3v) is 2.77. The molecule has 2 N–H and O–H groups in total. The summed E-state index contributed by atoms with van der Waals surface area (Å²) in [5.74, 6) is -0.972. The average Bonchev–Trinajstić information content (AvgIpc) is 2.33. The van der Waals surface area contributed by atoms with E-state index in [1.54, 1.807) is 24.0 Å². The maximum absolute atomic E-state index is 11.8. The number of carbonyl (C=O) groups is 2. The number of anilines is 1. The van der Waals surface area contributed by atoms with Gasteiger partial charge in [-0.2, -0.15) is 0 Å². The van der Waals surface area contributed by atoms with E-state index in [0.29, 0.717) is 18.8 Å². The first kappa shape index (κ1) is 14.0. The first-order chi connectivity index (χ1) is 8.49. The van der Waals surface area contributed by atoms with Crippen LogP contribution in [0.2, 0.25) is 0 Å². The topological polar surface area (TPSA) is 69.6 Å². The van der Waals surface area contributed by atoms with Crippen molar-refractivity contribution in [3.63, 3.8) is 0 Å². The Morgan fingerprint density at radius 2 is 1.89 bits per heavy atom. The molecule has 2 amide bonds. The van der Waals surface area contributed by atoms with Gasteiger partial charge in [-0.25, -0.2) is 9.59 Å². The Hall–Kier alpha value is -2.04. The summed E-state index contributed by atoms with van der Waals surface area (Å²) in [7, 11) is 0. The zero-order valence-corrected chi connectivity index (χ0v) is 10.9. The summed E-state index contributed by atoms with van der Waals surface area (Å²) in [6, 6.07) is 4.46. The monoisotopic (exact) mass is 250 g/mol. The molecule has 0 atom stereocenters. The van der Waals surface area contributed by atoms with Crippen LogP contribution in [0.5, 0.6) is 0 Å². The van der Waals surface area contributed by atoms with Gasteiger partial charge in [0.05, 0.1) is 5.56 Å². The Bertz CT molecular complexity index is 454. The first-order valence-corrected chi connectivity index (χ1v) is 5.89. The van der Waals surface area contributed by atoms with Crippen LogP contribution in [0.1, 0.15) is 29.8 Å². The molecule has 0 aliphatic rings. The number of hydrogen-bond donors (Lipinski definition) is 2. The average molecular weight is 250 g/mol. The van der Waals surface area contributed by atoms with Crippen molar-refractivity contribution in [1.82, 2.24) is 4.90 Å². The number of carboxylic acid groups (broad SMARTS) is 1. The molecule has 5 nitrogen and oxygen atoms in total. The van der Waals surface area contributed by atoms with Crippen molar-refractivity contribution in [1.29, 1.82) is 0 Å². The summed E-state index contributed by atoms with van der Waals surface area (Å²) in [6.45, 7) is 6.85. The molecule has 0 saturated carbocycles. The fourth-order valence-electron chi connectivity index (χ4n) is 1.64. The summed E-state index contributed by atoms with van der Waals surface area (Å²) < 4.78 is 0. The third-order valence-electron chi connectivity index (χ3n) is 2.77. The lowest BCUT2D eigenvalue weighted by Gasteiger charge is -2.20. The minimum Gasteiger partial charge on any atom is -0.478 e. The molecule has 0 bridgehead atoms. The zero-order chi connectivity index (χ0) is 13.7. The van der Waals surface area contributed by atoms with E-state index in [1.165, 1.54) is 6.07 Å². The Kier molecular flexibility index (Phi) is 4.71. The number of aromatic carboxylic acids is 1. The molecule has 0 unspecified atom stereocenters. The van der Waals surface area contributed by atoms with Crippen molar-refractivity contribution >= 4 is 17.7 Å². The van der Waals surface area contributed by atoms with Gasteiger partial charge in [0.15, 0.2) is 0 Å². The standard InChI is InChI=1S/C13H18N2O3/c1-4-15(5-2)13(18)14-11-7-6-10(12(16)17)8-9(11)3/h6-8H,4-5H2,1-3H3,(H,14,18)(H,16,17). The molecule has 5 heteroatoms. The molecule has 98 valence electrons. The SMILES string of the molecule is CCN(CC)C(=O)Nc1ccc(C(=O)O)cc1C. The lowest BCUT2D eigenvalue weighted by molar-refractivity contribution is 0.0697. The smallest absolute Gasteiger partial charge is 0.335 e. The number of carbonyl (C=O) groups excluding carboxylic acids is 1. The van der Waals surface area contributed by atoms with E-state index < -0.39 is 5.97 Å². The predicted molar refractivity (Wildman–Crippen MR) is 70.1 cm³/mol. The molecular weight excluding hydrogens is 232 g/mol. The molecule has 0 radical (unpaired) electrons. The summed E-state index contributed by atoms with van der Waals surface area (Å²) >= 11 is 0. The second kappa shape index (κ2) is 6.05. The van der Waals surface area contributed by atoms with Crippen LogP contribution in [-0.4, -0.2) is 35.1 Å². The highest BCUT2D eigenvalue weighted by Crippen LogP contribution is 2.17. The van der Waals surface area contributed by atoms with Crippen molar-refractivity contribution < 1.29 is 14.7 Å². The summed E-state index contributed by atoms with van der Waals surface area (Å²) in [5, 5.41) is 11.6. The van der Waals surface area contributed by atoms with Gasteiger partial charge in [-0.05, 0) is 44.5 Å². The number of amides is 2. The molecule has 1 aromatic carbocycles. The van der Waals surface area contributed by atoms with Gasteiger partial charge in [0, 0.05) is 18.8 Å². The van der Waals surface area contributed by atoms with Crippen molar-refractivity contribution in [2.45, 2.75) is 20.8 Å². The zero-order valence-electron chi connectivity index (χ0n) is 10.9. The van der Waals surface area contributed by atoms with Crippen LogP contribution in [0.15, 0.2) is 18.2 Å². The van der Waals surface area contributed by atoms with E-state index in [2.05, 4.69) is 5.32 Å². The van der Waals surface area contributed by atoms with Crippen LogP contribution < -0.4 is 5.32 Å². The van der Waals surface area contributed by atoms with E-state index >= 15 is 0 Å². The Labute approximate surface area is 106 Å². The lowest BCUT2D eigenvalue weighted by atomic mass is 10.1. The number of carboxylic acids is 1. The van der Waals surface area contributed by atoms with Gasteiger partial charge in [0.25, 0.3) is 0 Å². The predicted octanol–water partition coefficient (Wildman–Crippen LogP) is 2.57. The largest absolute Gasteiger partial charge is 0.478 e. The Morgan fingerprint density at radius 3 is 2.33 bits per heavy atom. The highest BCUT2D eigenvalue weighted by atomic mass is 16.4. The lowest BCUT2D eigenvalue weighted by Crippen LogP contribution is -2.34. The molecule has 1 rings (SSSR count). The second-order valence-electron chi connectivity index (χ2n) is 3.94. The van der Waals surface area contributed by atoms with E-state index in [9.17, 15) is 9.59 Å². The molecule has 0 heterocycles. The van der Waals surface area contributed by atoms with Gasteiger partial charge in [-0.3, -0.25) is 0 Å². The van der Waals surface area contributed by atoms with E-state index in [1.807, 2.05) is 13.8 Å². The van der Waals surface area contributed by atoms with Gasteiger partial charge in [-0.15, -0.1) is 0 Å². The number of urea groups is 1. The molecular formula is C13H18N2O3. The van der Waals surface area contributed by atoms with E-state index in [-0.39, 0.29) is 11.6 Å². The molecule has 0 fully saturated rings. The van der Waals surface area contributed by atoms with E-state index in [4.69, 9.17) is 5.11 Å². The van der Waals surface area contributed by atoms with Gasteiger partial charge >= 0.3 is 12.0 Å². The number of nitrogens with one attached hydrogen (secondary N) is 1. The maximum Gasteiger partial charge on any atom is 0.335 e. The van der Waals surface area contributed by atoms with Crippen LogP contribution in [0.3, 0.4) is 0 Å². The molecule has 0 saturated heterocycles. The van der Waals surface area contributed by atoms with Crippen LogP contribution in [0.25, 0.3) is 0 Å². The molecule has 0 aliphatic carbocycles. The van der Waals surface area contributed by atoms with Crippen LogP contribution >= 0.6 is 0 Å². The second-order valence-corrected chi connectivity index (χ2v) is 3.94. The maximum atomic E-state index is 11.8. The summed E-state index contributed by atoms with van der Waals surface area (Å²) in [4.78, 5) is 24.3. The Morgan fingerprint density at radius 1 is 1.28 bits per heavy atom. The first-order valence-electron chi connectivity index (χ1n) is 5.89. The van der Waals surface area contributed by atoms with Gasteiger partial charge < -0.3 is 15.3 Å². The summed E-state index contributed by atoms with van der Waals surface area (Å²) in [5.41, 5.74) is 1.58. The Balaban J connectivity index is 2.86. The van der Waals surface area contributed by atoms with Crippen LogP contribution in [-0.2, 0) is 0 Å². The minimum absolute atomic E-state index is 0.175. The van der Waals surface area contributed by atoms with Gasteiger partial charge in [0.2, 0.25) is 0 Å². The number of hydrogen-bond acceptors (Lipinski definition) is 2. The quantitative estimate of drug-likeness (QED) is 0.862. The van der Waals surface area contributed by atoms with Gasteiger partial charge in [-0.1, -0.05) is 0 Å². The number of aryl methyl sites for hydroxylation is 1. The highest BCUT2D eigenvalue weighted by Gasteiger charge is 2.11. The van der Waals surface area contributed by atoms with Crippen LogP contribution in [0.4, 0.5) is 10.5 Å². The molecule has 1 aromatic rings. The normalized spacial score (nSPS) is 9.94. The van der Waals surface area contributed by atoms with Crippen LogP contribution in [0, 0.1) is 6.92 Å². The van der Waals surface area contributed by atoms with Crippen molar-refractivity contribution in [2.24, 2.45) is 0 Å². The summed E-state index contributed by atoms with van der Waals surface area (Å²) in [6.07, 6.45) is 0. The molecule has 0 spiro atoms.